The number of rotatable bonds is 4. The summed E-state index contributed by atoms with van der Waals surface area (Å²) in [5.41, 5.74) is 5.44. The third kappa shape index (κ3) is 2.90. The molecule has 0 saturated carbocycles. The summed E-state index contributed by atoms with van der Waals surface area (Å²) in [6.07, 6.45) is 1.20. The van der Waals surface area contributed by atoms with Crippen LogP contribution in [0, 0.1) is 0 Å². The molecule has 84 valence electrons. The summed E-state index contributed by atoms with van der Waals surface area (Å²) >= 11 is 3.26. The van der Waals surface area contributed by atoms with Crippen LogP contribution >= 0.6 is 15.9 Å². The number of aromatic nitrogens is 3. The lowest BCUT2D eigenvalue weighted by atomic mass is 10.3. The van der Waals surface area contributed by atoms with Crippen molar-refractivity contribution in [2.75, 3.05) is 25.6 Å². The first kappa shape index (κ1) is 10.8. The fraction of sp³-hybridized carbons (Fsp3) is 0.750. The van der Waals surface area contributed by atoms with Gasteiger partial charge in [0, 0.05) is 6.61 Å². The molecule has 0 spiro atoms. The van der Waals surface area contributed by atoms with Crippen molar-refractivity contribution in [3.05, 3.63) is 4.73 Å². The van der Waals surface area contributed by atoms with Gasteiger partial charge < -0.3 is 15.2 Å². The zero-order valence-electron chi connectivity index (χ0n) is 8.23. The average Bonchev–Trinajstić information content (AvgIpc) is 2.77. The molecule has 1 aromatic heterocycles. The first-order valence-electron chi connectivity index (χ1n) is 4.81. The first-order chi connectivity index (χ1) is 7.25. The third-order valence-electron chi connectivity index (χ3n) is 2.19. The highest BCUT2D eigenvalue weighted by Gasteiger charge is 2.15. The average molecular weight is 277 g/mol. The van der Waals surface area contributed by atoms with E-state index in [1.54, 1.807) is 4.68 Å². The molecule has 1 atom stereocenters. The van der Waals surface area contributed by atoms with E-state index in [4.69, 9.17) is 15.2 Å². The maximum absolute atomic E-state index is 5.60. The van der Waals surface area contributed by atoms with Crippen LogP contribution in [0.15, 0.2) is 4.73 Å². The Balaban J connectivity index is 1.75. The molecule has 2 heterocycles. The minimum Gasteiger partial charge on any atom is -0.379 e. The van der Waals surface area contributed by atoms with Gasteiger partial charge in [-0.1, -0.05) is 0 Å². The van der Waals surface area contributed by atoms with Gasteiger partial charge in [-0.05, 0) is 22.4 Å². The van der Waals surface area contributed by atoms with E-state index in [0.29, 0.717) is 24.5 Å². The van der Waals surface area contributed by atoms with E-state index in [2.05, 4.69) is 26.0 Å². The fourth-order valence-corrected chi connectivity index (χ4v) is 1.87. The molecule has 1 aromatic rings. The van der Waals surface area contributed by atoms with E-state index in [1.165, 1.54) is 0 Å². The second-order valence-electron chi connectivity index (χ2n) is 3.32. The predicted molar refractivity (Wildman–Crippen MR) is 57.3 cm³/mol. The molecule has 0 aromatic carbocycles. The van der Waals surface area contributed by atoms with Crippen LogP contribution in [0.5, 0.6) is 0 Å². The Bertz CT molecular complexity index is 324. The highest BCUT2D eigenvalue weighted by Crippen LogP contribution is 2.10. The molecular formula is C8H13BrN4O2. The number of hydrogen-bond donors (Lipinski definition) is 1. The van der Waals surface area contributed by atoms with Gasteiger partial charge in [0.15, 0.2) is 4.73 Å². The third-order valence-corrected chi connectivity index (χ3v) is 2.77. The lowest BCUT2D eigenvalue weighted by molar-refractivity contribution is 0.0369. The molecule has 0 radical (unpaired) electrons. The summed E-state index contributed by atoms with van der Waals surface area (Å²) < 4.78 is 13.1. The molecule has 0 amide bonds. The molecule has 1 aliphatic heterocycles. The smallest absolute Gasteiger partial charge is 0.240 e. The van der Waals surface area contributed by atoms with Crippen molar-refractivity contribution in [3.63, 3.8) is 0 Å². The van der Waals surface area contributed by atoms with Gasteiger partial charge in [-0.25, -0.2) is 4.68 Å². The van der Waals surface area contributed by atoms with E-state index in [9.17, 15) is 0 Å². The minimum atomic E-state index is 0.227. The molecule has 6 nitrogen and oxygen atoms in total. The predicted octanol–water partition coefficient (Wildman–Crippen LogP) is 0.428. The summed E-state index contributed by atoms with van der Waals surface area (Å²) in [5, 5.41) is 4.00. The molecule has 2 N–H and O–H groups in total. The summed E-state index contributed by atoms with van der Waals surface area (Å²) in [4.78, 5) is 3.93. The van der Waals surface area contributed by atoms with Crippen LogP contribution in [0.25, 0.3) is 0 Å². The van der Waals surface area contributed by atoms with E-state index in [1.807, 2.05) is 0 Å². The van der Waals surface area contributed by atoms with Crippen LogP contribution in [-0.2, 0) is 16.0 Å². The van der Waals surface area contributed by atoms with Crippen LogP contribution in [0.3, 0.4) is 0 Å². The molecular weight excluding hydrogens is 264 g/mol. The van der Waals surface area contributed by atoms with Gasteiger partial charge in [0.2, 0.25) is 5.95 Å². The van der Waals surface area contributed by atoms with Crippen molar-refractivity contribution in [2.24, 2.45) is 0 Å². The standard InChI is InChI=1S/C8H13BrN4O2/c9-7-11-8(10)12-13(7)2-4-15-6-1-3-14-5-6/h6H,1-5H2,(H2,10,12). The Kier molecular flexibility index (Phi) is 3.55. The van der Waals surface area contributed by atoms with Crippen molar-refractivity contribution >= 4 is 21.9 Å². The quantitative estimate of drug-likeness (QED) is 0.863. The lowest BCUT2D eigenvalue weighted by Crippen LogP contribution is -2.17. The Morgan fingerprint density at radius 1 is 1.67 bits per heavy atom. The van der Waals surface area contributed by atoms with Gasteiger partial charge in [-0.3, -0.25) is 0 Å². The number of anilines is 1. The van der Waals surface area contributed by atoms with Gasteiger partial charge in [-0.2, -0.15) is 4.98 Å². The second-order valence-corrected chi connectivity index (χ2v) is 4.03. The number of nitrogens with zero attached hydrogens (tertiary/aromatic N) is 3. The van der Waals surface area contributed by atoms with E-state index in [0.717, 1.165) is 13.0 Å². The molecule has 0 aliphatic carbocycles. The zero-order valence-corrected chi connectivity index (χ0v) is 9.81. The van der Waals surface area contributed by atoms with Gasteiger partial charge in [0.05, 0.1) is 25.9 Å². The summed E-state index contributed by atoms with van der Waals surface area (Å²) in [6.45, 7) is 2.72. The largest absolute Gasteiger partial charge is 0.379 e. The monoisotopic (exact) mass is 276 g/mol. The van der Waals surface area contributed by atoms with Crippen molar-refractivity contribution in [1.29, 1.82) is 0 Å². The molecule has 1 saturated heterocycles. The van der Waals surface area contributed by atoms with Crippen molar-refractivity contribution in [3.8, 4) is 0 Å². The van der Waals surface area contributed by atoms with E-state index >= 15 is 0 Å². The molecule has 0 bridgehead atoms. The topological polar surface area (TPSA) is 75.2 Å². The SMILES string of the molecule is Nc1nc(Br)n(CCOC2CCOC2)n1. The Hall–Kier alpha value is -0.660. The normalized spacial score (nSPS) is 21.0. The number of hydrogen-bond acceptors (Lipinski definition) is 5. The van der Waals surface area contributed by atoms with Gasteiger partial charge in [0.1, 0.15) is 0 Å². The maximum Gasteiger partial charge on any atom is 0.240 e. The Labute approximate surface area is 95.9 Å². The molecule has 15 heavy (non-hydrogen) atoms. The number of nitrogens with two attached hydrogens (primary N) is 1. The van der Waals surface area contributed by atoms with Crippen molar-refractivity contribution < 1.29 is 9.47 Å². The molecule has 7 heteroatoms. The summed E-state index contributed by atoms with van der Waals surface area (Å²) in [6, 6.07) is 0. The van der Waals surface area contributed by atoms with Crippen LogP contribution in [0.1, 0.15) is 6.42 Å². The van der Waals surface area contributed by atoms with Crippen molar-refractivity contribution in [2.45, 2.75) is 19.1 Å². The van der Waals surface area contributed by atoms with Crippen molar-refractivity contribution in [1.82, 2.24) is 14.8 Å². The van der Waals surface area contributed by atoms with Crippen LogP contribution < -0.4 is 5.73 Å². The maximum atomic E-state index is 5.60. The van der Waals surface area contributed by atoms with E-state index < -0.39 is 0 Å². The van der Waals surface area contributed by atoms with E-state index in [-0.39, 0.29) is 12.1 Å². The van der Waals surface area contributed by atoms with Crippen LogP contribution in [0.2, 0.25) is 0 Å². The summed E-state index contributed by atoms with van der Waals surface area (Å²) in [5.74, 6) is 0.270. The molecule has 1 fully saturated rings. The highest BCUT2D eigenvalue weighted by molar-refractivity contribution is 9.10. The second kappa shape index (κ2) is 4.91. The number of nitrogen functional groups attached to an aromatic ring is 1. The van der Waals surface area contributed by atoms with Crippen LogP contribution in [-0.4, -0.2) is 40.7 Å². The summed E-state index contributed by atoms with van der Waals surface area (Å²) in [7, 11) is 0. The fourth-order valence-electron chi connectivity index (χ4n) is 1.43. The number of halogens is 1. The highest BCUT2D eigenvalue weighted by atomic mass is 79.9. The molecule has 2 rings (SSSR count). The Morgan fingerprint density at radius 2 is 2.53 bits per heavy atom. The lowest BCUT2D eigenvalue weighted by Gasteiger charge is -2.09. The Morgan fingerprint density at radius 3 is 3.13 bits per heavy atom. The van der Waals surface area contributed by atoms with Gasteiger partial charge in [0.25, 0.3) is 0 Å². The molecule has 1 unspecified atom stereocenters. The van der Waals surface area contributed by atoms with Gasteiger partial charge >= 0.3 is 0 Å². The van der Waals surface area contributed by atoms with Gasteiger partial charge in [-0.15, -0.1) is 5.10 Å². The van der Waals surface area contributed by atoms with Crippen LogP contribution in [0.4, 0.5) is 5.95 Å². The molecule has 1 aliphatic rings. The minimum absolute atomic E-state index is 0.227. The zero-order chi connectivity index (χ0) is 10.7. The first-order valence-corrected chi connectivity index (χ1v) is 5.60. The number of ether oxygens (including phenoxy) is 2.